The fourth-order valence-corrected chi connectivity index (χ4v) is 9.16. The Kier molecular flexibility index (Phi) is 9.45. The van der Waals surface area contributed by atoms with E-state index in [4.69, 9.17) is 0 Å². The Labute approximate surface area is 368 Å². The molecule has 2 aromatic heterocycles. The Morgan fingerprint density at radius 1 is 0.373 bits per heavy atom. The van der Waals surface area contributed by atoms with Crippen LogP contribution in [0.2, 0.25) is 0 Å². The molecule has 0 unspecified atom stereocenters. The maximum atomic E-state index is 3.48. The zero-order valence-corrected chi connectivity index (χ0v) is 37.0. The summed E-state index contributed by atoms with van der Waals surface area (Å²) in [6.45, 7) is 4.48. The van der Waals surface area contributed by atoms with Gasteiger partial charge in [-0.2, -0.15) is 42.5 Å². The van der Waals surface area contributed by atoms with Gasteiger partial charge < -0.3 is 9.13 Å². The van der Waals surface area contributed by atoms with E-state index < -0.39 is 0 Å². The third-order valence-electron chi connectivity index (χ3n) is 11.9. The molecule has 11 rings (SSSR count). The van der Waals surface area contributed by atoms with Gasteiger partial charge in [-0.1, -0.05) is 103 Å². The van der Waals surface area contributed by atoms with Crippen molar-refractivity contribution in [2.24, 2.45) is 0 Å². The van der Waals surface area contributed by atoms with Crippen molar-refractivity contribution in [3.8, 4) is 55.9 Å². The Balaban J connectivity index is 0.00000420. The summed E-state index contributed by atoms with van der Waals surface area (Å²) in [5, 5.41) is 4.98. The maximum Gasteiger partial charge on any atom is 2.00 e. The predicted octanol–water partition coefficient (Wildman–Crippen LogP) is 14.8. The molecule has 0 saturated carbocycles. The van der Waals surface area contributed by atoms with Gasteiger partial charge in [0.2, 0.25) is 0 Å². The van der Waals surface area contributed by atoms with Crippen molar-refractivity contribution in [1.82, 2.24) is 9.13 Å². The van der Waals surface area contributed by atoms with E-state index in [0.29, 0.717) is 0 Å². The Hall–Kier alpha value is -6.37. The van der Waals surface area contributed by atoms with Crippen molar-refractivity contribution in [3.63, 3.8) is 0 Å². The van der Waals surface area contributed by atoms with Crippen LogP contribution in [0.15, 0.2) is 194 Å². The van der Waals surface area contributed by atoms with E-state index in [2.05, 4.69) is 211 Å². The molecule has 0 saturated heterocycles. The summed E-state index contributed by atoms with van der Waals surface area (Å²) in [6.07, 6.45) is 0. The van der Waals surface area contributed by atoms with Crippen LogP contribution in [0.3, 0.4) is 0 Å². The first-order valence-corrected chi connectivity index (χ1v) is 19.9. The molecule has 276 valence electrons. The molecule has 11 aromatic rings. The van der Waals surface area contributed by atoms with E-state index in [1.165, 1.54) is 82.6 Å². The SMILES string of the molecule is Cc1ccccc1-c1cc(-n2c3ccccc3c3c(-c4ccc5c6ccccc6n(-c6ccccc6)c5c4)cccc32)cc(-c2cc[c-]c(-c3[c-]cccc3)c2)c1C.[U+2]. The van der Waals surface area contributed by atoms with Crippen molar-refractivity contribution >= 4 is 43.6 Å². The summed E-state index contributed by atoms with van der Waals surface area (Å²) in [7, 11) is 0. The van der Waals surface area contributed by atoms with E-state index in [9.17, 15) is 0 Å². The fourth-order valence-electron chi connectivity index (χ4n) is 9.16. The molecule has 0 radical (unpaired) electrons. The Bertz CT molecular complexity index is 3350. The standard InChI is InChI=1S/C56H38N2.U/c1-37-17-9-10-24-45(37)51-36-44(35-50(38(51)2)41-21-15-20-40(33-41)39-18-5-3-6-19-39)58-53-29-14-12-26-49(53)56-46(27-16-30-54(56)58)42-31-32-48-47-25-11-13-28-52(47)57(55(48)34-42)43-22-7-4-8-23-43;/h3-18,21-36H,1-2H3;/q-2;+2. The summed E-state index contributed by atoms with van der Waals surface area (Å²) < 4.78 is 4.88. The van der Waals surface area contributed by atoms with Crippen molar-refractivity contribution in [3.05, 3.63) is 217 Å². The molecule has 59 heavy (non-hydrogen) atoms. The van der Waals surface area contributed by atoms with Gasteiger partial charge in [0.1, 0.15) is 0 Å². The molecule has 9 aromatic carbocycles. The normalized spacial score (nSPS) is 11.4. The molecule has 2 nitrogen and oxygen atoms in total. The molecule has 0 fully saturated rings. The van der Waals surface area contributed by atoms with Gasteiger partial charge in [-0.3, -0.25) is 0 Å². The average molecular weight is 977 g/mol. The van der Waals surface area contributed by atoms with E-state index in [1.807, 2.05) is 18.2 Å². The Morgan fingerprint density at radius 2 is 1.00 bits per heavy atom. The molecule has 0 aliphatic carbocycles. The van der Waals surface area contributed by atoms with Gasteiger partial charge in [-0.05, 0) is 101 Å². The van der Waals surface area contributed by atoms with Gasteiger partial charge in [0.25, 0.3) is 0 Å². The number of rotatable bonds is 6. The minimum absolute atomic E-state index is 0. The van der Waals surface area contributed by atoms with Crippen LogP contribution in [-0.2, 0) is 0 Å². The molecular formula is C56H38N2U. The first-order chi connectivity index (χ1) is 28.6. The molecule has 0 N–H and O–H groups in total. The van der Waals surface area contributed by atoms with Gasteiger partial charge >= 0.3 is 31.1 Å². The van der Waals surface area contributed by atoms with Gasteiger partial charge in [0.05, 0.1) is 22.1 Å². The number of para-hydroxylation sites is 3. The molecule has 0 bridgehead atoms. The molecule has 0 aliphatic heterocycles. The third-order valence-corrected chi connectivity index (χ3v) is 11.9. The molecule has 0 spiro atoms. The number of hydrogen-bond donors (Lipinski definition) is 0. The zero-order chi connectivity index (χ0) is 38.7. The van der Waals surface area contributed by atoms with Crippen LogP contribution in [0.4, 0.5) is 0 Å². The summed E-state index contributed by atoms with van der Waals surface area (Å²) >= 11 is 0. The van der Waals surface area contributed by atoms with Gasteiger partial charge in [0, 0.05) is 32.9 Å². The van der Waals surface area contributed by atoms with Crippen molar-refractivity contribution in [1.29, 1.82) is 0 Å². The minimum Gasteiger partial charge on any atom is -0.309 e. The minimum atomic E-state index is 0. The summed E-state index contributed by atoms with van der Waals surface area (Å²) in [4.78, 5) is 0. The monoisotopic (exact) mass is 976 g/mol. The predicted molar refractivity (Wildman–Crippen MR) is 244 cm³/mol. The first kappa shape index (κ1) is 36.9. The number of aryl methyl sites for hydroxylation is 1. The van der Waals surface area contributed by atoms with Gasteiger partial charge in [0.15, 0.2) is 0 Å². The average Bonchev–Trinajstić information content (AvgIpc) is 3.80. The second-order valence-electron chi connectivity index (χ2n) is 15.2. The number of aromatic nitrogens is 2. The number of hydrogen-bond acceptors (Lipinski definition) is 0. The quantitative estimate of drug-likeness (QED) is 0.147. The molecule has 3 heteroatoms. The van der Waals surface area contributed by atoms with Crippen LogP contribution in [0, 0.1) is 57.1 Å². The molecule has 2 heterocycles. The zero-order valence-electron chi connectivity index (χ0n) is 32.9. The van der Waals surface area contributed by atoms with Crippen LogP contribution >= 0.6 is 0 Å². The van der Waals surface area contributed by atoms with Crippen LogP contribution in [0.5, 0.6) is 0 Å². The smallest absolute Gasteiger partial charge is 0.309 e. The van der Waals surface area contributed by atoms with Crippen LogP contribution in [-0.4, -0.2) is 9.13 Å². The van der Waals surface area contributed by atoms with E-state index in [1.54, 1.807) is 0 Å². The van der Waals surface area contributed by atoms with Crippen LogP contribution in [0.25, 0.3) is 99.5 Å². The van der Waals surface area contributed by atoms with Crippen molar-refractivity contribution < 1.29 is 31.1 Å². The molecular weight excluding hydrogens is 939 g/mol. The summed E-state index contributed by atoms with van der Waals surface area (Å²) in [5.74, 6) is 0. The van der Waals surface area contributed by atoms with E-state index in [0.717, 1.165) is 28.1 Å². The van der Waals surface area contributed by atoms with Crippen LogP contribution < -0.4 is 0 Å². The van der Waals surface area contributed by atoms with Gasteiger partial charge in [-0.25, -0.2) is 11.1 Å². The largest absolute Gasteiger partial charge is 2.00 e. The summed E-state index contributed by atoms with van der Waals surface area (Å²) in [5.41, 5.74) is 18.8. The Morgan fingerprint density at radius 3 is 1.81 bits per heavy atom. The summed E-state index contributed by atoms with van der Waals surface area (Å²) in [6, 6.07) is 77.2. The number of nitrogens with zero attached hydrogens (tertiary/aromatic N) is 2. The van der Waals surface area contributed by atoms with E-state index in [-0.39, 0.29) is 31.1 Å². The fraction of sp³-hybridized carbons (Fsp3) is 0.0357. The topological polar surface area (TPSA) is 9.86 Å². The number of benzene rings is 9. The number of fused-ring (bicyclic) bond motifs is 6. The maximum absolute atomic E-state index is 3.48. The van der Waals surface area contributed by atoms with Crippen molar-refractivity contribution in [2.45, 2.75) is 13.8 Å². The molecule has 0 amide bonds. The second kappa shape index (κ2) is 15.1. The third kappa shape index (κ3) is 6.17. The van der Waals surface area contributed by atoms with Crippen molar-refractivity contribution in [2.75, 3.05) is 0 Å². The first-order valence-electron chi connectivity index (χ1n) is 19.9. The molecule has 0 atom stereocenters. The van der Waals surface area contributed by atoms with Gasteiger partial charge in [-0.15, -0.1) is 17.7 Å². The molecule has 0 aliphatic rings. The van der Waals surface area contributed by atoms with Crippen LogP contribution in [0.1, 0.15) is 11.1 Å². The van der Waals surface area contributed by atoms with E-state index >= 15 is 0 Å². The second-order valence-corrected chi connectivity index (χ2v) is 15.2.